The Morgan fingerprint density at radius 3 is 2.00 bits per heavy atom. The summed E-state index contributed by atoms with van der Waals surface area (Å²) in [4.78, 5) is 5.01. The van der Waals surface area contributed by atoms with Crippen LogP contribution in [0.2, 0.25) is 0 Å². The quantitative estimate of drug-likeness (QED) is 0.458. The van der Waals surface area contributed by atoms with Crippen LogP contribution in [0, 0.1) is 0 Å². The first-order valence-corrected chi connectivity index (χ1v) is 2.67. The minimum absolute atomic E-state index is 0.375. The molecule has 1 aliphatic rings. The van der Waals surface area contributed by atoms with Crippen molar-refractivity contribution in [2.75, 3.05) is 0 Å². The summed E-state index contributed by atoms with van der Waals surface area (Å²) in [6.07, 6.45) is 0.375. The summed E-state index contributed by atoms with van der Waals surface area (Å²) in [5.41, 5.74) is 0. The number of nitrogens with zero attached hydrogens (tertiary/aromatic N) is 1. The van der Waals surface area contributed by atoms with Crippen LogP contribution in [0.25, 0.3) is 0 Å². The third-order valence-corrected chi connectivity index (χ3v) is 1.10. The smallest absolute Gasteiger partial charge is 0.152 e. The maximum absolute atomic E-state index is 5.01. The SMILES string of the molecule is CC(C)N1O[C@@H]1C. The van der Waals surface area contributed by atoms with Gasteiger partial charge in [0.15, 0.2) is 6.23 Å². The minimum Gasteiger partial charge on any atom is -0.275 e. The molecule has 0 aromatic rings. The van der Waals surface area contributed by atoms with Gasteiger partial charge in [0, 0.05) is 6.04 Å². The molecule has 0 radical (unpaired) electrons. The minimum atomic E-state index is 0.375. The van der Waals surface area contributed by atoms with Gasteiger partial charge < -0.3 is 0 Å². The van der Waals surface area contributed by atoms with Crippen molar-refractivity contribution in [1.29, 1.82) is 0 Å². The predicted octanol–water partition coefficient (Wildman–Crippen LogP) is 0.988. The van der Waals surface area contributed by atoms with Gasteiger partial charge in [-0.2, -0.15) is 5.06 Å². The zero-order valence-corrected chi connectivity index (χ0v) is 5.01. The molecule has 0 spiro atoms. The van der Waals surface area contributed by atoms with Crippen LogP contribution in [0.5, 0.6) is 0 Å². The van der Waals surface area contributed by atoms with Crippen LogP contribution in [-0.2, 0) is 4.84 Å². The Balaban J connectivity index is 2.20. The lowest BCUT2D eigenvalue weighted by Gasteiger charge is -1.96. The van der Waals surface area contributed by atoms with E-state index >= 15 is 0 Å². The predicted molar refractivity (Wildman–Crippen MR) is 27.5 cm³/mol. The average Bonchev–Trinajstić information content (AvgIpc) is 2.17. The van der Waals surface area contributed by atoms with Crippen LogP contribution in [0.1, 0.15) is 20.8 Å². The number of rotatable bonds is 1. The maximum atomic E-state index is 5.01. The van der Waals surface area contributed by atoms with E-state index in [0.717, 1.165) is 0 Å². The van der Waals surface area contributed by atoms with Gasteiger partial charge in [-0.25, -0.2) is 0 Å². The van der Waals surface area contributed by atoms with Crippen molar-refractivity contribution < 1.29 is 4.84 Å². The maximum Gasteiger partial charge on any atom is 0.152 e. The molecular weight excluding hydrogens is 90.1 g/mol. The van der Waals surface area contributed by atoms with Gasteiger partial charge in [-0.1, -0.05) is 0 Å². The van der Waals surface area contributed by atoms with Crippen LogP contribution < -0.4 is 0 Å². The second-order valence-corrected chi connectivity index (χ2v) is 2.16. The zero-order chi connectivity index (χ0) is 5.44. The summed E-state index contributed by atoms with van der Waals surface area (Å²) in [7, 11) is 0. The summed E-state index contributed by atoms with van der Waals surface area (Å²) < 4.78 is 0. The molecule has 2 atom stereocenters. The first-order valence-electron chi connectivity index (χ1n) is 2.67. The second kappa shape index (κ2) is 1.46. The molecule has 1 fully saturated rings. The molecular formula is C5H11NO. The molecule has 1 saturated heterocycles. The van der Waals surface area contributed by atoms with E-state index in [4.69, 9.17) is 4.84 Å². The fourth-order valence-corrected chi connectivity index (χ4v) is 0.691. The summed E-state index contributed by atoms with van der Waals surface area (Å²) in [5.74, 6) is 0. The molecule has 0 N–H and O–H groups in total. The number of hydrogen-bond donors (Lipinski definition) is 0. The van der Waals surface area contributed by atoms with Crippen LogP contribution >= 0.6 is 0 Å². The van der Waals surface area contributed by atoms with E-state index in [9.17, 15) is 0 Å². The lowest BCUT2D eigenvalue weighted by Crippen LogP contribution is -2.09. The molecule has 0 saturated carbocycles. The molecule has 0 aromatic heterocycles. The Labute approximate surface area is 44.0 Å². The molecule has 1 heterocycles. The Kier molecular flexibility index (Phi) is 1.05. The first-order chi connectivity index (χ1) is 3.22. The molecule has 2 heteroatoms. The average molecular weight is 101 g/mol. The number of hydrogen-bond acceptors (Lipinski definition) is 2. The normalized spacial score (nSPS) is 39.4. The third kappa shape index (κ3) is 0.924. The fraction of sp³-hybridized carbons (Fsp3) is 1.00. The van der Waals surface area contributed by atoms with Gasteiger partial charge in [-0.05, 0) is 20.8 Å². The molecule has 1 unspecified atom stereocenters. The van der Waals surface area contributed by atoms with E-state index in [2.05, 4.69) is 13.8 Å². The Hall–Kier alpha value is -0.0800. The molecule has 1 aliphatic heterocycles. The van der Waals surface area contributed by atoms with E-state index in [-0.39, 0.29) is 0 Å². The van der Waals surface area contributed by atoms with Gasteiger partial charge in [0.25, 0.3) is 0 Å². The van der Waals surface area contributed by atoms with E-state index in [0.29, 0.717) is 12.3 Å². The van der Waals surface area contributed by atoms with Crippen LogP contribution in [0.4, 0.5) is 0 Å². The monoisotopic (exact) mass is 101 g/mol. The van der Waals surface area contributed by atoms with E-state index in [1.54, 1.807) is 0 Å². The highest BCUT2D eigenvalue weighted by Crippen LogP contribution is 2.21. The molecule has 1 rings (SSSR count). The van der Waals surface area contributed by atoms with Gasteiger partial charge >= 0.3 is 0 Å². The van der Waals surface area contributed by atoms with Crippen LogP contribution in [0.3, 0.4) is 0 Å². The van der Waals surface area contributed by atoms with Crippen LogP contribution in [-0.4, -0.2) is 17.3 Å². The zero-order valence-electron chi connectivity index (χ0n) is 5.01. The third-order valence-electron chi connectivity index (χ3n) is 1.10. The van der Waals surface area contributed by atoms with Crippen molar-refractivity contribution in [1.82, 2.24) is 5.06 Å². The molecule has 0 aliphatic carbocycles. The van der Waals surface area contributed by atoms with Gasteiger partial charge in [0.2, 0.25) is 0 Å². The first kappa shape index (κ1) is 5.06. The van der Waals surface area contributed by atoms with Crippen LogP contribution in [0.15, 0.2) is 0 Å². The Bertz CT molecular complexity index is 72.5. The van der Waals surface area contributed by atoms with Gasteiger partial charge in [0.05, 0.1) is 0 Å². The van der Waals surface area contributed by atoms with Crippen molar-refractivity contribution in [3.63, 3.8) is 0 Å². The fourth-order valence-electron chi connectivity index (χ4n) is 0.691. The molecule has 0 bridgehead atoms. The summed E-state index contributed by atoms with van der Waals surface area (Å²) >= 11 is 0. The van der Waals surface area contributed by atoms with E-state index < -0.39 is 0 Å². The Morgan fingerprint density at radius 1 is 1.57 bits per heavy atom. The summed E-state index contributed by atoms with van der Waals surface area (Å²) in [5, 5.41) is 1.96. The van der Waals surface area contributed by atoms with Crippen molar-refractivity contribution in [2.45, 2.75) is 33.0 Å². The van der Waals surface area contributed by atoms with E-state index in [1.807, 2.05) is 12.0 Å². The topological polar surface area (TPSA) is 15.5 Å². The summed E-state index contributed by atoms with van der Waals surface area (Å²) in [6, 6.07) is 0.551. The lowest BCUT2D eigenvalue weighted by atomic mass is 10.4. The van der Waals surface area contributed by atoms with Crippen molar-refractivity contribution in [2.24, 2.45) is 0 Å². The second-order valence-electron chi connectivity index (χ2n) is 2.16. The highest BCUT2D eigenvalue weighted by molar-refractivity contribution is 4.63. The van der Waals surface area contributed by atoms with Crippen molar-refractivity contribution in [3.05, 3.63) is 0 Å². The molecule has 0 amide bonds. The highest BCUT2D eigenvalue weighted by Gasteiger charge is 2.33. The molecule has 42 valence electrons. The molecule has 7 heavy (non-hydrogen) atoms. The van der Waals surface area contributed by atoms with Gasteiger partial charge in [-0.3, -0.25) is 4.84 Å². The Morgan fingerprint density at radius 2 is 2.00 bits per heavy atom. The van der Waals surface area contributed by atoms with E-state index in [1.165, 1.54) is 0 Å². The molecule has 0 aromatic carbocycles. The van der Waals surface area contributed by atoms with Crippen molar-refractivity contribution in [3.8, 4) is 0 Å². The lowest BCUT2D eigenvalue weighted by molar-refractivity contribution is 0.164. The summed E-state index contributed by atoms with van der Waals surface area (Å²) in [6.45, 7) is 6.27. The van der Waals surface area contributed by atoms with Gasteiger partial charge in [0.1, 0.15) is 0 Å². The largest absolute Gasteiger partial charge is 0.275 e. The standard InChI is InChI=1S/C5H11NO/c1-4(2)6-5(3)7-6/h4-5H,1-3H3/t5-,6?/m1/s1. The highest BCUT2D eigenvalue weighted by atomic mass is 16.8. The van der Waals surface area contributed by atoms with Gasteiger partial charge in [-0.15, -0.1) is 0 Å². The van der Waals surface area contributed by atoms with Crippen molar-refractivity contribution >= 4 is 0 Å². The number of hydroxylamine groups is 2. The molecule has 2 nitrogen and oxygen atoms in total.